The average Bonchev–Trinajstić information content (AvgIpc) is 2.85. The number of nitrogens with zero attached hydrogens (tertiary/aromatic N) is 5. The van der Waals surface area contributed by atoms with E-state index < -0.39 is 0 Å². The fraction of sp³-hybridized carbons (Fsp3) is 0.429. The van der Waals surface area contributed by atoms with Crippen molar-refractivity contribution in [3.05, 3.63) is 34.5 Å². The number of hydrogen-bond acceptors (Lipinski definition) is 4. The van der Waals surface area contributed by atoms with Crippen molar-refractivity contribution in [2.75, 3.05) is 0 Å². The summed E-state index contributed by atoms with van der Waals surface area (Å²) in [7, 11) is 0. The van der Waals surface area contributed by atoms with E-state index >= 15 is 0 Å². The molecule has 2 aromatic heterocycles. The standard InChI is InChI=1S/C14H15N5/c1-9-10(2)17-18-14(11(9)7-15)19-8-16-12-5-3-4-6-13(12)19/h8H,3-6H2,1-2H3. The maximum absolute atomic E-state index is 9.38. The van der Waals surface area contributed by atoms with Crippen LogP contribution in [0.4, 0.5) is 0 Å². The third-order valence-electron chi connectivity index (χ3n) is 3.81. The quantitative estimate of drug-likeness (QED) is 0.779. The smallest absolute Gasteiger partial charge is 0.179 e. The van der Waals surface area contributed by atoms with Crippen molar-refractivity contribution in [1.82, 2.24) is 19.7 Å². The summed E-state index contributed by atoms with van der Waals surface area (Å²) < 4.78 is 1.94. The van der Waals surface area contributed by atoms with Gasteiger partial charge in [-0.1, -0.05) is 0 Å². The van der Waals surface area contributed by atoms with E-state index in [9.17, 15) is 5.26 Å². The number of hydrogen-bond donors (Lipinski definition) is 0. The molecule has 0 aromatic carbocycles. The van der Waals surface area contributed by atoms with Gasteiger partial charge in [0.2, 0.25) is 0 Å². The van der Waals surface area contributed by atoms with Gasteiger partial charge in [0.15, 0.2) is 5.82 Å². The van der Waals surface area contributed by atoms with Crippen molar-refractivity contribution in [2.45, 2.75) is 39.5 Å². The molecule has 0 saturated heterocycles. The predicted octanol–water partition coefficient (Wildman–Crippen LogP) is 2.03. The normalized spacial score (nSPS) is 13.9. The van der Waals surface area contributed by atoms with E-state index in [-0.39, 0.29) is 0 Å². The molecule has 0 saturated carbocycles. The van der Waals surface area contributed by atoms with Gasteiger partial charge in [-0.25, -0.2) is 4.98 Å². The Hall–Kier alpha value is -2.22. The van der Waals surface area contributed by atoms with Crippen LogP contribution in [0.5, 0.6) is 0 Å². The van der Waals surface area contributed by atoms with Crippen LogP contribution in [-0.4, -0.2) is 19.7 Å². The Morgan fingerprint density at radius 3 is 2.79 bits per heavy atom. The molecular formula is C14H15N5. The highest BCUT2D eigenvalue weighted by Gasteiger charge is 2.20. The molecule has 0 N–H and O–H groups in total. The maximum atomic E-state index is 9.38. The summed E-state index contributed by atoms with van der Waals surface area (Å²) in [5.41, 5.74) is 4.61. The van der Waals surface area contributed by atoms with Crippen LogP contribution < -0.4 is 0 Å². The third-order valence-corrected chi connectivity index (χ3v) is 3.81. The molecule has 0 unspecified atom stereocenters. The number of imidazole rings is 1. The van der Waals surface area contributed by atoms with Gasteiger partial charge in [0.25, 0.3) is 0 Å². The van der Waals surface area contributed by atoms with Crippen molar-refractivity contribution < 1.29 is 0 Å². The average molecular weight is 253 g/mol. The molecule has 5 nitrogen and oxygen atoms in total. The van der Waals surface area contributed by atoms with Crippen molar-refractivity contribution in [1.29, 1.82) is 5.26 Å². The monoisotopic (exact) mass is 253 g/mol. The van der Waals surface area contributed by atoms with Crippen LogP contribution in [0.2, 0.25) is 0 Å². The largest absolute Gasteiger partial charge is 0.285 e. The molecule has 0 amide bonds. The zero-order valence-corrected chi connectivity index (χ0v) is 11.1. The zero-order valence-electron chi connectivity index (χ0n) is 11.1. The van der Waals surface area contributed by atoms with Gasteiger partial charge in [0.05, 0.1) is 11.4 Å². The van der Waals surface area contributed by atoms with E-state index in [1.54, 1.807) is 6.33 Å². The molecule has 0 aliphatic heterocycles. The summed E-state index contributed by atoms with van der Waals surface area (Å²) in [6, 6.07) is 2.25. The first-order chi connectivity index (χ1) is 9.22. The van der Waals surface area contributed by atoms with Crippen molar-refractivity contribution in [3.8, 4) is 11.9 Å². The summed E-state index contributed by atoms with van der Waals surface area (Å²) in [6.45, 7) is 3.78. The van der Waals surface area contributed by atoms with Crippen LogP contribution in [0.15, 0.2) is 6.33 Å². The lowest BCUT2D eigenvalue weighted by Gasteiger charge is -2.14. The van der Waals surface area contributed by atoms with Gasteiger partial charge in [-0.2, -0.15) is 10.4 Å². The molecule has 3 rings (SSSR count). The summed E-state index contributed by atoms with van der Waals surface area (Å²) in [6.07, 6.45) is 6.14. The fourth-order valence-corrected chi connectivity index (χ4v) is 2.55. The lowest BCUT2D eigenvalue weighted by atomic mass is 10.0. The molecule has 0 fully saturated rings. The summed E-state index contributed by atoms with van der Waals surface area (Å²) in [5, 5.41) is 17.7. The molecule has 2 aromatic rings. The van der Waals surface area contributed by atoms with Crippen LogP contribution >= 0.6 is 0 Å². The summed E-state index contributed by atoms with van der Waals surface area (Å²) in [5.74, 6) is 0.612. The second-order valence-corrected chi connectivity index (χ2v) is 4.94. The number of aryl methyl sites for hydroxylation is 2. The Morgan fingerprint density at radius 1 is 1.21 bits per heavy atom. The SMILES string of the molecule is Cc1nnc(-n2cnc3c2CCCC3)c(C#N)c1C. The van der Waals surface area contributed by atoms with Crippen molar-refractivity contribution >= 4 is 0 Å². The van der Waals surface area contributed by atoms with Gasteiger partial charge < -0.3 is 0 Å². The Morgan fingerprint density at radius 2 is 2.00 bits per heavy atom. The van der Waals surface area contributed by atoms with E-state index in [4.69, 9.17) is 0 Å². The highest BCUT2D eigenvalue weighted by molar-refractivity contribution is 5.50. The minimum atomic E-state index is 0.596. The Bertz CT molecular complexity index is 678. The number of rotatable bonds is 1. The Labute approximate surface area is 111 Å². The molecule has 2 heterocycles. The van der Waals surface area contributed by atoms with E-state index in [1.165, 1.54) is 18.5 Å². The Kier molecular flexibility index (Phi) is 2.79. The number of aromatic nitrogens is 4. The van der Waals surface area contributed by atoms with Crippen LogP contribution in [0.1, 0.15) is 41.1 Å². The van der Waals surface area contributed by atoms with Gasteiger partial charge in [-0.15, -0.1) is 5.10 Å². The van der Waals surface area contributed by atoms with Crippen molar-refractivity contribution in [2.24, 2.45) is 0 Å². The second-order valence-electron chi connectivity index (χ2n) is 4.94. The van der Waals surface area contributed by atoms with Gasteiger partial charge in [-0.3, -0.25) is 4.57 Å². The molecule has 5 heteroatoms. The highest BCUT2D eigenvalue weighted by atomic mass is 15.2. The number of nitriles is 1. The molecule has 0 bridgehead atoms. The molecule has 96 valence electrons. The minimum absolute atomic E-state index is 0.596. The third kappa shape index (κ3) is 1.80. The Balaban J connectivity index is 2.21. The first-order valence-corrected chi connectivity index (χ1v) is 6.52. The number of fused-ring (bicyclic) bond motifs is 1. The van der Waals surface area contributed by atoms with Gasteiger partial charge >= 0.3 is 0 Å². The molecule has 19 heavy (non-hydrogen) atoms. The molecule has 0 spiro atoms. The van der Waals surface area contributed by atoms with Crippen LogP contribution in [0, 0.1) is 25.2 Å². The fourth-order valence-electron chi connectivity index (χ4n) is 2.55. The second kappa shape index (κ2) is 4.47. The molecular weight excluding hydrogens is 238 g/mol. The molecule has 1 aliphatic rings. The van der Waals surface area contributed by atoms with Crippen LogP contribution in [-0.2, 0) is 12.8 Å². The zero-order chi connectivity index (χ0) is 13.4. The molecule has 1 aliphatic carbocycles. The molecule has 0 radical (unpaired) electrons. The highest BCUT2D eigenvalue weighted by Crippen LogP contribution is 2.24. The lowest BCUT2D eigenvalue weighted by molar-refractivity contribution is 0.652. The topological polar surface area (TPSA) is 67.4 Å². The lowest BCUT2D eigenvalue weighted by Crippen LogP contribution is -2.11. The first-order valence-electron chi connectivity index (χ1n) is 6.52. The first kappa shape index (κ1) is 11.8. The van der Waals surface area contributed by atoms with E-state index in [0.29, 0.717) is 11.4 Å². The van der Waals surface area contributed by atoms with E-state index in [2.05, 4.69) is 21.3 Å². The van der Waals surface area contributed by atoms with Gasteiger partial charge in [0.1, 0.15) is 18.0 Å². The van der Waals surface area contributed by atoms with E-state index in [1.807, 2.05) is 18.4 Å². The summed E-state index contributed by atoms with van der Waals surface area (Å²) >= 11 is 0. The van der Waals surface area contributed by atoms with E-state index in [0.717, 1.165) is 29.8 Å². The van der Waals surface area contributed by atoms with Crippen LogP contribution in [0.25, 0.3) is 5.82 Å². The maximum Gasteiger partial charge on any atom is 0.179 e. The molecule has 0 atom stereocenters. The van der Waals surface area contributed by atoms with Crippen LogP contribution in [0.3, 0.4) is 0 Å². The predicted molar refractivity (Wildman–Crippen MR) is 70.0 cm³/mol. The van der Waals surface area contributed by atoms with Gasteiger partial charge in [0, 0.05) is 5.69 Å². The minimum Gasteiger partial charge on any atom is -0.285 e. The van der Waals surface area contributed by atoms with Crippen molar-refractivity contribution in [3.63, 3.8) is 0 Å². The van der Waals surface area contributed by atoms with Gasteiger partial charge in [-0.05, 0) is 45.1 Å². The summed E-state index contributed by atoms with van der Waals surface area (Å²) in [4.78, 5) is 4.45.